The van der Waals surface area contributed by atoms with Gasteiger partial charge in [-0.3, -0.25) is 0 Å². The zero-order chi connectivity index (χ0) is 14.1. The van der Waals surface area contributed by atoms with Gasteiger partial charge in [-0.1, -0.05) is 50.6 Å². The van der Waals surface area contributed by atoms with Crippen LogP contribution < -0.4 is 0 Å². The summed E-state index contributed by atoms with van der Waals surface area (Å²) in [5.41, 5.74) is 0.189. The average molecular weight is 301 g/mol. The molecule has 1 aromatic rings. The molecule has 0 spiro atoms. The number of carboxylic acid groups (broad SMARTS) is 1. The Morgan fingerprint density at radius 1 is 1.21 bits per heavy atom. The second-order valence-corrected chi connectivity index (χ2v) is 6.14. The van der Waals surface area contributed by atoms with E-state index in [9.17, 15) is 4.79 Å². The van der Waals surface area contributed by atoms with E-state index in [1.807, 2.05) is 6.07 Å². The molecule has 0 aliphatic carbocycles. The number of benzene rings is 1. The van der Waals surface area contributed by atoms with Crippen LogP contribution in [0.15, 0.2) is 23.1 Å². The van der Waals surface area contributed by atoms with Crippen molar-refractivity contribution in [3.05, 3.63) is 28.8 Å². The molecule has 0 fully saturated rings. The topological polar surface area (TPSA) is 37.3 Å². The number of rotatable bonds is 9. The summed E-state index contributed by atoms with van der Waals surface area (Å²) in [7, 11) is 0. The number of carboxylic acids is 1. The summed E-state index contributed by atoms with van der Waals surface area (Å²) in [6, 6.07) is 5.21. The SMILES string of the molecule is CCCCCCCCSc1ccc(Cl)c(C(=O)O)c1. The molecule has 0 heterocycles. The van der Waals surface area contributed by atoms with Gasteiger partial charge in [0.15, 0.2) is 0 Å². The van der Waals surface area contributed by atoms with Crippen LogP contribution in [0, 0.1) is 0 Å². The standard InChI is InChI=1S/C15H21ClO2S/c1-2-3-4-5-6-7-10-19-12-8-9-14(16)13(11-12)15(17)18/h8-9,11H,2-7,10H2,1H3,(H,17,18). The molecule has 106 valence electrons. The van der Waals surface area contributed by atoms with Crippen LogP contribution in [0.4, 0.5) is 0 Å². The third-order valence-corrected chi connectivity index (χ3v) is 4.34. The van der Waals surface area contributed by atoms with E-state index in [2.05, 4.69) is 6.92 Å². The summed E-state index contributed by atoms with van der Waals surface area (Å²) in [5.74, 6) is 0.0688. The fourth-order valence-electron chi connectivity index (χ4n) is 1.83. The molecule has 1 N–H and O–H groups in total. The third kappa shape index (κ3) is 6.35. The van der Waals surface area contributed by atoms with Crippen LogP contribution in [0.25, 0.3) is 0 Å². The van der Waals surface area contributed by atoms with Crippen LogP contribution in [0.2, 0.25) is 5.02 Å². The predicted molar refractivity (Wildman–Crippen MR) is 82.5 cm³/mol. The number of aromatic carboxylic acids is 1. The maximum absolute atomic E-state index is 11.0. The molecule has 4 heteroatoms. The molecule has 0 amide bonds. The van der Waals surface area contributed by atoms with Crippen LogP contribution in [0.3, 0.4) is 0 Å². The second-order valence-electron chi connectivity index (χ2n) is 4.56. The summed E-state index contributed by atoms with van der Waals surface area (Å²) in [6.07, 6.45) is 7.66. The molecule has 0 radical (unpaired) electrons. The Labute approximate surface area is 124 Å². The van der Waals surface area contributed by atoms with E-state index in [0.29, 0.717) is 5.02 Å². The lowest BCUT2D eigenvalue weighted by Gasteiger charge is -2.04. The summed E-state index contributed by atoms with van der Waals surface area (Å²) in [6.45, 7) is 2.22. The lowest BCUT2D eigenvalue weighted by molar-refractivity contribution is 0.0697. The van der Waals surface area contributed by atoms with Gasteiger partial charge in [0.25, 0.3) is 0 Å². The van der Waals surface area contributed by atoms with E-state index in [0.717, 1.165) is 10.6 Å². The minimum Gasteiger partial charge on any atom is -0.478 e. The molecule has 0 unspecified atom stereocenters. The van der Waals surface area contributed by atoms with Crippen molar-refractivity contribution in [1.29, 1.82) is 0 Å². The molecule has 2 nitrogen and oxygen atoms in total. The quantitative estimate of drug-likeness (QED) is 0.484. The van der Waals surface area contributed by atoms with Gasteiger partial charge in [0.2, 0.25) is 0 Å². The molecule has 0 saturated carbocycles. The van der Waals surface area contributed by atoms with Crippen LogP contribution in [0.1, 0.15) is 55.8 Å². The predicted octanol–water partition coefficient (Wildman–Crippen LogP) is 5.49. The molecule has 0 aliphatic heterocycles. The first kappa shape index (κ1) is 16.4. The van der Waals surface area contributed by atoms with Crippen molar-refractivity contribution in [2.45, 2.75) is 50.3 Å². The molecular formula is C15H21ClO2S. The maximum atomic E-state index is 11.0. The van der Waals surface area contributed by atoms with E-state index in [1.165, 1.54) is 38.5 Å². The molecule has 0 aliphatic rings. The van der Waals surface area contributed by atoms with Gasteiger partial charge in [0.1, 0.15) is 0 Å². The third-order valence-electron chi connectivity index (χ3n) is 2.93. The Morgan fingerprint density at radius 2 is 1.89 bits per heavy atom. The number of carbonyl (C=O) groups is 1. The highest BCUT2D eigenvalue weighted by molar-refractivity contribution is 7.99. The summed E-state index contributed by atoms with van der Waals surface area (Å²) < 4.78 is 0. The van der Waals surface area contributed by atoms with Crippen molar-refractivity contribution in [3.8, 4) is 0 Å². The van der Waals surface area contributed by atoms with E-state index >= 15 is 0 Å². The zero-order valence-corrected chi connectivity index (χ0v) is 12.9. The van der Waals surface area contributed by atoms with Gasteiger partial charge < -0.3 is 5.11 Å². The van der Waals surface area contributed by atoms with Gasteiger partial charge in [-0.25, -0.2) is 4.79 Å². The van der Waals surface area contributed by atoms with Crippen molar-refractivity contribution >= 4 is 29.3 Å². The molecule has 0 bridgehead atoms. The first-order chi connectivity index (χ1) is 9.15. The van der Waals surface area contributed by atoms with E-state index in [4.69, 9.17) is 16.7 Å². The Morgan fingerprint density at radius 3 is 2.58 bits per heavy atom. The van der Waals surface area contributed by atoms with Crippen LogP contribution in [-0.2, 0) is 0 Å². The van der Waals surface area contributed by atoms with Gasteiger partial charge in [0, 0.05) is 4.90 Å². The summed E-state index contributed by atoms with van der Waals surface area (Å²) in [4.78, 5) is 11.9. The Balaban J connectivity index is 2.30. The number of thioether (sulfide) groups is 1. The first-order valence-electron chi connectivity index (χ1n) is 6.80. The monoisotopic (exact) mass is 300 g/mol. The van der Waals surface area contributed by atoms with Gasteiger partial charge >= 0.3 is 5.97 Å². The minimum atomic E-state index is -0.966. The molecule has 0 aromatic heterocycles. The van der Waals surface area contributed by atoms with Crippen LogP contribution >= 0.6 is 23.4 Å². The molecular weight excluding hydrogens is 280 g/mol. The number of hydrogen-bond acceptors (Lipinski definition) is 2. The highest BCUT2D eigenvalue weighted by Gasteiger charge is 2.09. The largest absolute Gasteiger partial charge is 0.478 e. The molecule has 0 saturated heterocycles. The lowest BCUT2D eigenvalue weighted by atomic mass is 10.1. The maximum Gasteiger partial charge on any atom is 0.337 e. The lowest BCUT2D eigenvalue weighted by Crippen LogP contribution is -1.97. The zero-order valence-electron chi connectivity index (χ0n) is 11.3. The normalized spacial score (nSPS) is 10.6. The van der Waals surface area contributed by atoms with Gasteiger partial charge in [-0.05, 0) is 30.4 Å². The smallest absolute Gasteiger partial charge is 0.337 e. The first-order valence-corrected chi connectivity index (χ1v) is 8.17. The number of unbranched alkanes of at least 4 members (excludes halogenated alkanes) is 5. The Hall–Kier alpha value is -0.670. The van der Waals surface area contributed by atoms with Gasteiger partial charge in [-0.2, -0.15) is 0 Å². The summed E-state index contributed by atoms with van der Waals surface area (Å²) in [5, 5.41) is 9.29. The fraction of sp³-hybridized carbons (Fsp3) is 0.533. The number of halogens is 1. The van der Waals surface area contributed by atoms with Crippen molar-refractivity contribution in [1.82, 2.24) is 0 Å². The van der Waals surface area contributed by atoms with Gasteiger partial charge in [-0.15, -0.1) is 11.8 Å². The van der Waals surface area contributed by atoms with Crippen LogP contribution in [0.5, 0.6) is 0 Å². The van der Waals surface area contributed by atoms with Gasteiger partial charge in [0.05, 0.1) is 10.6 Å². The Kier molecular flexibility index (Phi) is 7.99. The van der Waals surface area contributed by atoms with E-state index in [1.54, 1.807) is 23.9 Å². The van der Waals surface area contributed by atoms with Crippen molar-refractivity contribution in [2.24, 2.45) is 0 Å². The highest BCUT2D eigenvalue weighted by atomic mass is 35.5. The second kappa shape index (κ2) is 9.27. The van der Waals surface area contributed by atoms with Crippen molar-refractivity contribution in [3.63, 3.8) is 0 Å². The highest BCUT2D eigenvalue weighted by Crippen LogP contribution is 2.25. The average Bonchev–Trinajstić information content (AvgIpc) is 2.39. The van der Waals surface area contributed by atoms with Crippen molar-refractivity contribution < 1.29 is 9.90 Å². The molecule has 1 rings (SSSR count). The Bertz CT molecular complexity index is 407. The fourth-order valence-corrected chi connectivity index (χ4v) is 2.98. The molecule has 19 heavy (non-hydrogen) atoms. The molecule has 0 atom stereocenters. The molecule has 1 aromatic carbocycles. The van der Waals surface area contributed by atoms with Crippen LogP contribution in [-0.4, -0.2) is 16.8 Å². The van der Waals surface area contributed by atoms with E-state index in [-0.39, 0.29) is 5.56 Å². The number of hydrogen-bond donors (Lipinski definition) is 1. The summed E-state index contributed by atoms with van der Waals surface area (Å²) >= 11 is 7.54. The van der Waals surface area contributed by atoms with Crippen molar-refractivity contribution in [2.75, 3.05) is 5.75 Å². The minimum absolute atomic E-state index is 0.189. The van der Waals surface area contributed by atoms with E-state index < -0.39 is 5.97 Å².